The van der Waals surface area contributed by atoms with E-state index in [-0.39, 0.29) is 5.25 Å². The first kappa shape index (κ1) is 12.9. The van der Waals surface area contributed by atoms with Crippen molar-refractivity contribution in [3.8, 4) is 0 Å². The van der Waals surface area contributed by atoms with Gasteiger partial charge in [0.25, 0.3) is 0 Å². The number of amides is 1. The van der Waals surface area contributed by atoms with Gasteiger partial charge in [0.1, 0.15) is 0 Å². The summed E-state index contributed by atoms with van der Waals surface area (Å²) in [6, 6.07) is 12.4. The summed E-state index contributed by atoms with van der Waals surface area (Å²) in [5.74, 6) is 0.771. The molecule has 1 atom stereocenters. The second-order valence-electron chi connectivity index (χ2n) is 5.64. The van der Waals surface area contributed by atoms with E-state index >= 15 is 0 Å². The van der Waals surface area contributed by atoms with Crippen molar-refractivity contribution in [1.29, 1.82) is 0 Å². The van der Waals surface area contributed by atoms with Crippen LogP contribution in [0.1, 0.15) is 17.0 Å². The number of hydrogen-bond acceptors (Lipinski definition) is 3. The Kier molecular flexibility index (Phi) is 3.19. The highest BCUT2D eigenvalue weighted by atomic mass is 32.2. The molecule has 3 heterocycles. The van der Waals surface area contributed by atoms with Crippen LogP contribution in [0.4, 0.5) is 0 Å². The van der Waals surface area contributed by atoms with E-state index in [2.05, 4.69) is 23.2 Å². The summed E-state index contributed by atoms with van der Waals surface area (Å²) in [6.07, 6.45) is 4.52. The molecule has 0 saturated carbocycles. The van der Waals surface area contributed by atoms with Gasteiger partial charge in [-0.15, -0.1) is 11.8 Å². The van der Waals surface area contributed by atoms with Gasteiger partial charge >= 0.3 is 0 Å². The minimum Gasteiger partial charge on any atom is -0.340 e. The number of hydrogen-bond donors (Lipinski definition) is 0. The topological polar surface area (TPSA) is 33.2 Å². The zero-order chi connectivity index (χ0) is 14.2. The van der Waals surface area contributed by atoms with E-state index in [1.54, 1.807) is 11.8 Å². The molecule has 0 unspecified atom stereocenters. The van der Waals surface area contributed by atoms with Crippen LogP contribution in [0, 0.1) is 0 Å². The number of carbonyl (C=O) groups excluding carboxylic acids is 1. The van der Waals surface area contributed by atoms with Crippen molar-refractivity contribution in [3.05, 3.63) is 59.9 Å². The lowest BCUT2D eigenvalue weighted by Crippen LogP contribution is -2.51. The van der Waals surface area contributed by atoms with E-state index in [0.29, 0.717) is 11.8 Å². The average Bonchev–Trinajstić information content (AvgIpc) is 2.90. The van der Waals surface area contributed by atoms with Gasteiger partial charge in [-0.3, -0.25) is 9.78 Å². The third-order valence-corrected chi connectivity index (χ3v) is 5.60. The van der Waals surface area contributed by atoms with Crippen LogP contribution in [0.3, 0.4) is 0 Å². The van der Waals surface area contributed by atoms with Gasteiger partial charge in [-0.2, -0.15) is 0 Å². The van der Waals surface area contributed by atoms with Crippen molar-refractivity contribution in [2.24, 2.45) is 0 Å². The summed E-state index contributed by atoms with van der Waals surface area (Å²) >= 11 is 1.72. The smallest absolute Gasteiger partial charge is 0.236 e. The van der Waals surface area contributed by atoms with E-state index < -0.39 is 0 Å². The van der Waals surface area contributed by atoms with Gasteiger partial charge in [0.05, 0.1) is 5.25 Å². The second kappa shape index (κ2) is 5.19. The zero-order valence-electron chi connectivity index (χ0n) is 11.6. The molecule has 4 heteroatoms. The Labute approximate surface area is 128 Å². The molecule has 4 rings (SSSR count). The van der Waals surface area contributed by atoms with Crippen LogP contribution < -0.4 is 0 Å². The normalized spacial score (nSPS) is 21.0. The molecule has 0 aliphatic carbocycles. The summed E-state index contributed by atoms with van der Waals surface area (Å²) in [6.45, 7) is 1.69. The lowest BCUT2D eigenvalue weighted by molar-refractivity contribution is -0.134. The molecular weight excluding hydrogens is 280 g/mol. The maximum absolute atomic E-state index is 12.6. The van der Waals surface area contributed by atoms with Crippen LogP contribution in [-0.4, -0.2) is 34.1 Å². The monoisotopic (exact) mass is 296 g/mol. The van der Waals surface area contributed by atoms with E-state index in [1.165, 1.54) is 16.0 Å². The molecule has 0 bridgehead atoms. The van der Waals surface area contributed by atoms with Crippen molar-refractivity contribution in [2.75, 3.05) is 13.1 Å². The van der Waals surface area contributed by atoms with Crippen molar-refractivity contribution >= 4 is 17.7 Å². The number of fused-ring (bicyclic) bond motifs is 1. The van der Waals surface area contributed by atoms with E-state index in [0.717, 1.165) is 19.5 Å². The van der Waals surface area contributed by atoms with Gasteiger partial charge in [-0.05, 0) is 35.7 Å². The standard InChI is InChI=1S/C17H16N2OS/c20-17(16-9-13-3-1-2-4-15(13)21-16)19-10-14(11-19)12-5-7-18-8-6-12/h1-8,14,16H,9-11H2/t16-/m1/s1. The molecule has 2 aromatic rings. The Hall–Kier alpha value is -1.81. The lowest BCUT2D eigenvalue weighted by atomic mass is 9.91. The minimum absolute atomic E-state index is 0.0702. The van der Waals surface area contributed by atoms with Crippen LogP contribution in [0.5, 0.6) is 0 Å². The quantitative estimate of drug-likeness (QED) is 0.854. The molecule has 1 amide bonds. The lowest BCUT2D eigenvalue weighted by Gasteiger charge is -2.40. The number of nitrogens with zero attached hydrogens (tertiary/aromatic N) is 2. The summed E-state index contributed by atoms with van der Waals surface area (Å²) in [4.78, 5) is 19.9. The third kappa shape index (κ3) is 2.33. The van der Waals surface area contributed by atoms with Gasteiger partial charge < -0.3 is 4.90 Å². The van der Waals surface area contributed by atoms with Gasteiger partial charge in [0.2, 0.25) is 5.91 Å². The number of thioether (sulfide) groups is 1. The molecular formula is C17H16N2OS. The Morgan fingerprint density at radius 3 is 2.67 bits per heavy atom. The molecule has 21 heavy (non-hydrogen) atoms. The summed E-state index contributed by atoms with van der Waals surface area (Å²) < 4.78 is 0. The highest BCUT2D eigenvalue weighted by Gasteiger charge is 2.37. The fraction of sp³-hybridized carbons (Fsp3) is 0.294. The molecule has 2 aliphatic heterocycles. The number of carbonyl (C=O) groups is 1. The largest absolute Gasteiger partial charge is 0.340 e. The van der Waals surface area contributed by atoms with E-state index in [9.17, 15) is 4.79 Å². The van der Waals surface area contributed by atoms with Crippen molar-refractivity contribution < 1.29 is 4.79 Å². The van der Waals surface area contributed by atoms with Gasteiger partial charge in [-0.25, -0.2) is 0 Å². The first-order valence-electron chi connectivity index (χ1n) is 7.24. The van der Waals surface area contributed by atoms with Crippen molar-refractivity contribution in [2.45, 2.75) is 22.5 Å². The van der Waals surface area contributed by atoms with Gasteiger partial charge in [0, 0.05) is 36.3 Å². The van der Waals surface area contributed by atoms with E-state index in [4.69, 9.17) is 0 Å². The Morgan fingerprint density at radius 1 is 1.14 bits per heavy atom. The molecule has 1 fully saturated rings. The summed E-state index contributed by atoms with van der Waals surface area (Å²) in [7, 11) is 0. The van der Waals surface area contributed by atoms with E-state index in [1.807, 2.05) is 35.5 Å². The number of benzene rings is 1. The van der Waals surface area contributed by atoms with Gasteiger partial charge in [-0.1, -0.05) is 18.2 Å². The summed E-state index contributed by atoms with van der Waals surface area (Å²) in [5, 5.41) is 0.0702. The predicted octanol–water partition coefficient (Wildman–Crippen LogP) is 2.72. The molecule has 1 aromatic carbocycles. The fourth-order valence-corrected chi connectivity index (χ4v) is 4.31. The number of aromatic nitrogens is 1. The first-order chi connectivity index (χ1) is 10.3. The van der Waals surface area contributed by atoms with Crippen molar-refractivity contribution in [3.63, 3.8) is 0 Å². The van der Waals surface area contributed by atoms with Crippen molar-refractivity contribution in [1.82, 2.24) is 9.88 Å². The third-order valence-electron chi connectivity index (χ3n) is 4.29. The molecule has 3 nitrogen and oxygen atoms in total. The number of likely N-dealkylation sites (tertiary alicyclic amines) is 1. The second-order valence-corrected chi connectivity index (χ2v) is 6.88. The van der Waals surface area contributed by atoms with Crippen LogP contribution in [0.25, 0.3) is 0 Å². The Morgan fingerprint density at radius 2 is 1.90 bits per heavy atom. The zero-order valence-corrected chi connectivity index (χ0v) is 12.4. The maximum Gasteiger partial charge on any atom is 0.236 e. The molecule has 0 radical (unpaired) electrons. The molecule has 0 spiro atoms. The fourth-order valence-electron chi connectivity index (χ4n) is 3.03. The number of rotatable bonds is 2. The average molecular weight is 296 g/mol. The molecule has 1 saturated heterocycles. The van der Waals surface area contributed by atoms with Crippen LogP contribution >= 0.6 is 11.8 Å². The summed E-state index contributed by atoms with van der Waals surface area (Å²) in [5.41, 5.74) is 2.60. The predicted molar refractivity (Wildman–Crippen MR) is 83.3 cm³/mol. The highest BCUT2D eigenvalue weighted by Crippen LogP contribution is 2.39. The SMILES string of the molecule is O=C([C@H]1Cc2ccccc2S1)N1CC(c2ccncc2)C1. The first-order valence-corrected chi connectivity index (χ1v) is 8.12. The number of pyridine rings is 1. The Balaban J connectivity index is 1.38. The van der Waals surface area contributed by atoms with Crippen LogP contribution in [-0.2, 0) is 11.2 Å². The maximum atomic E-state index is 12.6. The Bertz CT molecular complexity index is 643. The highest BCUT2D eigenvalue weighted by molar-refractivity contribution is 8.01. The molecule has 1 aromatic heterocycles. The van der Waals surface area contributed by atoms with Crippen LogP contribution in [0.15, 0.2) is 53.7 Å². The minimum atomic E-state index is 0.0702. The molecule has 2 aliphatic rings. The molecule has 0 N–H and O–H groups in total. The van der Waals surface area contributed by atoms with Crippen LogP contribution in [0.2, 0.25) is 0 Å². The van der Waals surface area contributed by atoms with Gasteiger partial charge in [0.15, 0.2) is 0 Å². The molecule has 106 valence electrons.